The molecule has 0 bridgehead atoms. The average molecular weight is 282 g/mol. The molecule has 104 valence electrons. The molecule has 1 N–H and O–H groups in total. The number of halogens is 1. The molecule has 0 aliphatic heterocycles. The number of anilines is 1. The number of carbonyl (C=O) groups is 1. The number of nitrogens with zero attached hydrogens (tertiary/aromatic N) is 2. The lowest BCUT2D eigenvalue weighted by molar-refractivity contribution is 0.112. The number of hydrogen-bond donors (Lipinski definition) is 1. The maximum atomic E-state index is 11.1. The van der Waals surface area contributed by atoms with E-state index >= 15 is 0 Å². The Morgan fingerprint density at radius 1 is 1.37 bits per heavy atom. The van der Waals surface area contributed by atoms with Crippen molar-refractivity contribution in [3.63, 3.8) is 0 Å². The van der Waals surface area contributed by atoms with Crippen molar-refractivity contribution in [1.82, 2.24) is 9.97 Å². The predicted octanol–water partition coefficient (Wildman–Crippen LogP) is 3.63. The Bertz CT molecular complexity index is 470. The molecule has 1 aliphatic carbocycles. The van der Waals surface area contributed by atoms with Gasteiger partial charge in [0.1, 0.15) is 16.8 Å². The van der Waals surface area contributed by atoms with Gasteiger partial charge in [-0.1, -0.05) is 31.4 Å². The summed E-state index contributed by atoms with van der Waals surface area (Å²) < 4.78 is 0. The molecule has 1 fully saturated rings. The van der Waals surface area contributed by atoms with Crippen LogP contribution in [0.15, 0.2) is 0 Å². The molecular weight excluding hydrogens is 262 g/mol. The number of aldehydes is 1. The van der Waals surface area contributed by atoms with Gasteiger partial charge in [0.05, 0.1) is 5.56 Å². The van der Waals surface area contributed by atoms with Crippen LogP contribution >= 0.6 is 11.6 Å². The molecule has 0 aromatic carbocycles. The zero-order valence-corrected chi connectivity index (χ0v) is 12.3. The molecule has 1 saturated carbocycles. The first-order chi connectivity index (χ1) is 9.10. The lowest BCUT2D eigenvalue weighted by atomic mass is 9.83. The fraction of sp³-hybridized carbons (Fsp3) is 0.643. The molecule has 5 heteroatoms. The third kappa shape index (κ3) is 3.06. The molecule has 1 aliphatic rings. The number of aromatic nitrogens is 2. The molecule has 4 nitrogen and oxygen atoms in total. The molecule has 0 radical (unpaired) electrons. The highest BCUT2D eigenvalue weighted by atomic mass is 35.5. The summed E-state index contributed by atoms with van der Waals surface area (Å²) in [5.41, 5.74) is 0.697. The predicted molar refractivity (Wildman–Crippen MR) is 76.8 cm³/mol. The Hall–Kier alpha value is -1.16. The Morgan fingerprint density at radius 2 is 2.05 bits per heavy atom. The molecule has 0 amide bonds. The summed E-state index contributed by atoms with van der Waals surface area (Å²) in [6.45, 7) is 4.85. The zero-order chi connectivity index (χ0) is 13.9. The van der Waals surface area contributed by atoms with Crippen LogP contribution in [0.5, 0.6) is 0 Å². The first-order valence-electron chi connectivity index (χ1n) is 6.83. The maximum Gasteiger partial charge on any atom is 0.156 e. The van der Waals surface area contributed by atoms with E-state index in [9.17, 15) is 4.79 Å². The van der Waals surface area contributed by atoms with Crippen LogP contribution < -0.4 is 5.32 Å². The fourth-order valence-corrected chi connectivity index (χ4v) is 3.09. The third-order valence-corrected chi connectivity index (χ3v) is 4.46. The first-order valence-corrected chi connectivity index (χ1v) is 7.21. The monoisotopic (exact) mass is 281 g/mol. The van der Waals surface area contributed by atoms with E-state index in [0.29, 0.717) is 22.6 Å². The van der Waals surface area contributed by atoms with Gasteiger partial charge in [-0.25, -0.2) is 9.97 Å². The minimum atomic E-state index is 0.224. The number of aryl methyl sites for hydroxylation is 1. The van der Waals surface area contributed by atoms with E-state index in [2.05, 4.69) is 22.2 Å². The second-order valence-electron chi connectivity index (χ2n) is 5.36. The van der Waals surface area contributed by atoms with Crippen LogP contribution in [0.4, 0.5) is 5.82 Å². The lowest BCUT2D eigenvalue weighted by Crippen LogP contribution is -2.26. The highest BCUT2D eigenvalue weighted by Crippen LogP contribution is 2.41. The van der Waals surface area contributed by atoms with Crippen LogP contribution in [-0.2, 0) is 0 Å². The normalized spacial score (nSPS) is 17.4. The Kier molecular flexibility index (Phi) is 4.40. The van der Waals surface area contributed by atoms with E-state index in [-0.39, 0.29) is 5.15 Å². The summed E-state index contributed by atoms with van der Waals surface area (Å²) in [6, 6.07) is 0. The van der Waals surface area contributed by atoms with Gasteiger partial charge in [0, 0.05) is 6.54 Å². The van der Waals surface area contributed by atoms with Crippen LogP contribution in [-0.4, -0.2) is 22.8 Å². The summed E-state index contributed by atoms with van der Waals surface area (Å²) in [6.07, 6.45) is 6.93. The summed E-state index contributed by atoms with van der Waals surface area (Å²) in [5, 5.41) is 3.54. The zero-order valence-electron chi connectivity index (χ0n) is 11.5. The van der Waals surface area contributed by atoms with Gasteiger partial charge < -0.3 is 5.32 Å². The molecule has 0 spiro atoms. The van der Waals surface area contributed by atoms with Gasteiger partial charge in [-0.05, 0) is 31.6 Å². The van der Waals surface area contributed by atoms with E-state index in [1.165, 1.54) is 25.7 Å². The second-order valence-corrected chi connectivity index (χ2v) is 5.71. The van der Waals surface area contributed by atoms with Crippen LogP contribution in [0.25, 0.3) is 0 Å². The number of hydrogen-bond acceptors (Lipinski definition) is 4. The van der Waals surface area contributed by atoms with Gasteiger partial charge in [-0.2, -0.15) is 0 Å². The smallest absolute Gasteiger partial charge is 0.156 e. The van der Waals surface area contributed by atoms with Crippen molar-refractivity contribution < 1.29 is 4.79 Å². The molecule has 0 unspecified atom stereocenters. The third-order valence-electron chi connectivity index (χ3n) is 4.17. The second kappa shape index (κ2) is 5.87. The molecule has 1 aromatic heterocycles. The van der Waals surface area contributed by atoms with E-state index < -0.39 is 0 Å². The Morgan fingerprint density at radius 3 is 2.63 bits per heavy atom. The van der Waals surface area contributed by atoms with E-state index in [4.69, 9.17) is 11.6 Å². The minimum Gasteiger partial charge on any atom is -0.369 e. The largest absolute Gasteiger partial charge is 0.369 e. The number of rotatable bonds is 5. The van der Waals surface area contributed by atoms with Gasteiger partial charge in [0.15, 0.2) is 6.29 Å². The van der Waals surface area contributed by atoms with Crippen molar-refractivity contribution in [3.05, 3.63) is 16.5 Å². The molecule has 19 heavy (non-hydrogen) atoms. The summed E-state index contributed by atoms with van der Waals surface area (Å²) in [5.74, 6) is 1.14. The molecule has 2 rings (SSSR count). The maximum absolute atomic E-state index is 11.1. The van der Waals surface area contributed by atoms with Crippen molar-refractivity contribution in [3.8, 4) is 0 Å². The van der Waals surface area contributed by atoms with Gasteiger partial charge >= 0.3 is 0 Å². The van der Waals surface area contributed by atoms with Crippen LogP contribution in [0, 0.1) is 12.3 Å². The van der Waals surface area contributed by atoms with Crippen molar-refractivity contribution in [2.45, 2.75) is 46.0 Å². The molecular formula is C14H20ClN3O. The summed E-state index contributed by atoms with van der Waals surface area (Å²) in [7, 11) is 0. The van der Waals surface area contributed by atoms with Gasteiger partial charge in [-0.15, -0.1) is 0 Å². The quantitative estimate of drug-likeness (QED) is 0.661. The fourth-order valence-electron chi connectivity index (χ4n) is 2.84. The molecule has 1 aromatic rings. The number of carbonyl (C=O) groups excluding carboxylic acids is 1. The van der Waals surface area contributed by atoms with Crippen molar-refractivity contribution in [2.75, 3.05) is 11.9 Å². The van der Waals surface area contributed by atoms with Crippen molar-refractivity contribution in [1.29, 1.82) is 0 Å². The highest BCUT2D eigenvalue weighted by Gasteiger charge is 2.32. The first kappa shape index (κ1) is 14.3. The minimum absolute atomic E-state index is 0.224. The van der Waals surface area contributed by atoms with Crippen molar-refractivity contribution >= 4 is 23.7 Å². The van der Waals surface area contributed by atoms with Gasteiger partial charge in [-0.3, -0.25) is 4.79 Å². The standard InChI is InChI=1S/C14H20ClN3O/c1-3-14(6-4-5-7-14)9-16-13-11(8-19)12(15)17-10(2)18-13/h8H,3-7,9H2,1-2H3,(H,16,17,18). The van der Waals surface area contributed by atoms with E-state index in [1.54, 1.807) is 6.92 Å². The Balaban J connectivity index is 2.17. The lowest BCUT2D eigenvalue weighted by Gasteiger charge is -2.28. The number of nitrogens with one attached hydrogen (secondary N) is 1. The average Bonchev–Trinajstić information content (AvgIpc) is 2.85. The SMILES string of the molecule is CCC1(CNc2nc(C)nc(Cl)c2C=O)CCCC1. The topological polar surface area (TPSA) is 54.9 Å². The van der Waals surface area contributed by atoms with Gasteiger partial charge in [0.25, 0.3) is 0 Å². The van der Waals surface area contributed by atoms with E-state index in [1.807, 2.05) is 0 Å². The van der Waals surface area contributed by atoms with Crippen molar-refractivity contribution in [2.24, 2.45) is 5.41 Å². The van der Waals surface area contributed by atoms with E-state index in [0.717, 1.165) is 19.3 Å². The Labute approximate surface area is 119 Å². The molecule has 1 heterocycles. The van der Waals surface area contributed by atoms with Gasteiger partial charge in [0.2, 0.25) is 0 Å². The van der Waals surface area contributed by atoms with Crippen LogP contribution in [0.3, 0.4) is 0 Å². The molecule has 0 atom stereocenters. The van der Waals surface area contributed by atoms with Crippen LogP contribution in [0.1, 0.15) is 55.2 Å². The molecule has 0 saturated heterocycles. The summed E-state index contributed by atoms with van der Waals surface area (Å²) in [4.78, 5) is 19.4. The summed E-state index contributed by atoms with van der Waals surface area (Å²) >= 11 is 5.98. The highest BCUT2D eigenvalue weighted by molar-refractivity contribution is 6.32. The van der Waals surface area contributed by atoms with Crippen LogP contribution in [0.2, 0.25) is 5.15 Å².